The molecule has 2 aliphatic heterocycles. The lowest BCUT2D eigenvalue weighted by atomic mass is 9.87. The average molecular weight is 320 g/mol. The maximum atomic E-state index is 11.4. The molecule has 0 saturated carbocycles. The van der Waals surface area contributed by atoms with Crippen molar-refractivity contribution in [2.24, 2.45) is 11.0 Å². The molecule has 2 heterocycles. The van der Waals surface area contributed by atoms with Crippen molar-refractivity contribution in [2.75, 3.05) is 26.8 Å². The van der Waals surface area contributed by atoms with Crippen LogP contribution in [0.3, 0.4) is 0 Å². The molecular weight excluding hydrogens is 300 g/mol. The van der Waals surface area contributed by atoms with Crippen molar-refractivity contribution >= 4 is 11.4 Å². The van der Waals surface area contributed by atoms with E-state index in [0.717, 1.165) is 30.8 Å². The van der Waals surface area contributed by atoms with E-state index in [1.165, 1.54) is 7.11 Å². The summed E-state index contributed by atoms with van der Waals surface area (Å²) < 4.78 is 10.7. The number of benzene rings is 1. The van der Waals surface area contributed by atoms with E-state index in [-0.39, 0.29) is 23.4 Å². The van der Waals surface area contributed by atoms with E-state index >= 15 is 0 Å². The first-order valence-electron chi connectivity index (χ1n) is 7.67. The van der Waals surface area contributed by atoms with Crippen LogP contribution >= 0.6 is 0 Å². The lowest BCUT2D eigenvalue weighted by Crippen LogP contribution is -2.38. The third-order valence-electron chi connectivity index (χ3n) is 4.22. The maximum Gasteiger partial charge on any atom is 0.315 e. The molecule has 0 radical (unpaired) electrons. The monoisotopic (exact) mass is 320 g/mol. The predicted octanol–water partition coefficient (Wildman–Crippen LogP) is 1.61. The number of piperidine rings is 1. The van der Waals surface area contributed by atoms with Gasteiger partial charge in [0.2, 0.25) is 5.75 Å². The molecule has 2 N–H and O–H groups in total. The summed E-state index contributed by atoms with van der Waals surface area (Å²) in [5.41, 5.74) is 4.93. The van der Waals surface area contributed by atoms with Crippen molar-refractivity contribution in [1.29, 1.82) is 0 Å². The smallest absolute Gasteiger partial charge is 0.315 e. The van der Waals surface area contributed by atoms with Crippen LogP contribution in [0, 0.1) is 16.0 Å². The van der Waals surface area contributed by atoms with Crippen LogP contribution in [-0.2, 0) is 0 Å². The molecule has 23 heavy (non-hydrogen) atoms. The van der Waals surface area contributed by atoms with Crippen molar-refractivity contribution in [1.82, 2.24) is 10.7 Å². The highest BCUT2D eigenvalue weighted by Gasteiger charge is 2.36. The summed E-state index contributed by atoms with van der Waals surface area (Å²) in [7, 11) is 1.41. The number of hydrogen-bond donors (Lipinski definition) is 2. The Labute approximate surface area is 134 Å². The van der Waals surface area contributed by atoms with E-state index in [4.69, 9.17) is 9.47 Å². The summed E-state index contributed by atoms with van der Waals surface area (Å²) in [4.78, 5) is 11.0. The van der Waals surface area contributed by atoms with Gasteiger partial charge in [0.15, 0.2) is 5.75 Å². The average Bonchev–Trinajstić information content (AvgIpc) is 2.98. The topological polar surface area (TPSA) is 98.0 Å². The van der Waals surface area contributed by atoms with Crippen LogP contribution in [0.1, 0.15) is 24.9 Å². The number of nitrogens with one attached hydrogen (secondary N) is 2. The molecule has 1 saturated heterocycles. The van der Waals surface area contributed by atoms with E-state index in [2.05, 4.69) is 15.8 Å². The third-order valence-corrected chi connectivity index (χ3v) is 4.22. The van der Waals surface area contributed by atoms with Gasteiger partial charge < -0.3 is 20.2 Å². The number of hydrazone groups is 1. The molecule has 124 valence electrons. The molecule has 8 heteroatoms. The Morgan fingerprint density at radius 1 is 1.48 bits per heavy atom. The van der Waals surface area contributed by atoms with Gasteiger partial charge >= 0.3 is 5.69 Å². The second-order valence-electron chi connectivity index (χ2n) is 5.53. The van der Waals surface area contributed by atoms with Gasteiger partial charge in [-0.3, -0.25) is 10.1 Å². The molecule has 0 aromatic heterocycles. The van der Waals surface area contributed by atoms with E-state index in [9.17, 15) is 10.1 Å². The fraction of sp³-hybridized carbons (Fsp3) is 0.533. The Kier molecular flexibility index (Phi) is 4.33. The van der Waals surface area contributed by atoms with Gasteiger partial charge in [-0.25, -0.2) is 0 Å². The normalized spacial score (nSPS) is 22.8. The molecule has 2 aliphatic rings. The molecule has 0 spiro atoms. The number of ether oxygens (including phenoxy) is 2. The molecule has 2 atom stereocenters. The van der Waals surface area contributed by atoms with Crippen molar-refractivity contribution in [3.05, 3.63) is 27.8 Å². The Morgan fingerprint density at radius 3 is 3.00 bits per heavy atom. The van der Waals surface area contributed by atoms with Crippen LogP contribution in [0.15, 0.2) is 17.2 Å². The van der Waals surface area contributed by atoms with Gasteiger partial charge in [-0.15, -0.1) is 0 Å². The van der Waals surface area contributed by atoms with Gasteiger partial charge in [0.1, 0.15) is 0 Å². The molecule has 3 rings (SSSR count). The Hall–Kier alpha value is -2.35. The SMILES string of the molecule is CCOc1cc(C2NN=C3CCNCC32)cc([N+](=O)[O-])c1OC. The number of methoxy groups -OCH3 is 1. The summed E-state index contributed by atoms with van der Waals surface area (Å²) in [5.74, 6) is 0.742. The summed E-state index contributed by atoms with van der Waals surface area (Å²) in [5, 5.41) is 19.1. The number of nitro groups is 1. The van der Waals surface area contributed by atoms with Gasteiger partial charge in [0.05, 0.1) is 24.7 Å². The van der Waals surface area contributed by atoms with Crippen LogP contribution in [0.2, 0.25) is 0 Å². The van der Waals surface area contributed by atoms with Gasteiger partial charge in [0, 0.05) is 37.2 Å². The van der Waals surface area contributed by atoms with E-state index in [0.29, 0.717) is 12.4 Å². The molecule has 1 aromatic carbocycles. The Balaban J connectivity index is 2.00. The zero-order valence-electron chi connectivity index (χ0n) is 13.2. The lowest BCUT2D eigenvalue weighted by Gasteiger charge is -2.25. The number of rotatable bonds is 5. The van der Waals surface area contributed by atoms with Crippen LogP contribution < -0.4 is 20.2 Å². The molecule has 0 bridgehead atoms. The molecule has 0 amide bonds. The Bertz CT molecular complexity index is 647. The summed E-state index contributed by atoms with van der Waals surface area (Å²) in [6.45, 7) is 3.96. The van der Waals surface area contributed by atoms with Gasteiger partial charge in [-0.05, 0) is 18.6 Å². The zero-order valence-corrected chi connectivity index (χ0v) is 13.2. The number of nitro benzene ring substituents is 1. The van der Waals surface area contributed by atoms with Crippen molar-refractivity contribution in [3.8, 4) is 11.5 Å². The van der Waals surface area contributed by atoms with Crippen molar-refractivity contribution < 1.29 is 14.4 Å². The van der Waals surface area contributed by atoms with E-state index in [1.54, 1.807) is 12.1 Å². The maximum absolute atomic E-state index is 11.4. The van der Waals surface area contributed by atoms with Gasteiger partial charge in [0.25, 0.3) is 0 Å². The molecule has 1 fully saturated rings. The minimum atomic E-state index is -0.444. The predicted molar refractivity (Wildman–Crippen MR) is 85.1 cm³/mol. The molecule has 8 nitrogen and oxygen atoms in total. The zero-order chi connectivity index (χ0) is 16.4. The van der Waals surface area contributed by atoms with Crippen LogP contribution in [-0.4, -0.2) is 37.4 Å². The highest BCUT2D eigenvalue weighted by atomic mass is 16.6. The first-order chi connectivity index (χ1) is 11.2. The summed E-state index contributed by atoms with van der Waals surface area (Å²) in [6, 6.07) is 3.26. The second kappa shape index (κ2) is 6.41. The van der Waals surface area contributed by atoms with E-state index in [1.807, 2.05) is 6.92 Å². The van der Waals surface area contributed by atoms with Crippen molar-refractivity contribution in [3.63, 3.8) is 0 Å². The highest BCUT2D eigenvalue weighted by Crippen LogP contribution is 2.42. The molecular formula is C15H20N4O4. The minimum Gasteiger partial charge on any atom is -0.490 e. The Morgan fingerprint density at radius 2 is 2.30 bits per heavy atom. The van der Waals surface area contributed by atoms with Crippen molar-refractivity contribution in [2.45, 2.75) is 19.4 Å². The standard InChI is InChI=1S/C15H20N4O4/c1-3-23-13-7-9(6-12(19(20)21)15(13)22-2)14-10-8-16-5-4-11(10)17-18-14/h6-7,10,14,16,18H,3-5,8H2,1-2H3. The first kappa shape index (κ1) is 15.5. The largest absolute Gasteiger partial charge is 0.490 e. The van der Waals surface area contributed by atoms with Crippen LogP contribution in [0.5, 0.6) is 11.5 Å². The third kappa shape index (κ3) is 2.81. The summed E-state index contributed by atoms with van der Waals surface area (Å²) >= 11 is 0. The van der Waals surface area contributed by atoms with Crippen LogP contribution in [0.4, 0.5) is 5.69 Å². The first-order valence-corrected chi connectivity index (χ1v) is 7.67. The number of hydrogen-bond acceptors (Lipinski definition) is 7. The van der Waals surface area contributed by atoms with Crippen LogP contribution in [0.25, 0.3) is 0 Å². The molecule has 0 aliphatic carbocycles. The fourth-order valence-electron chi connectivity index (χ4n) is 3.17. The number of fused-ring (bicyclic) bond motifs is 1. The van der Waals surface area contributed by atoms with E-state index < -0.39 is 4.92 Å². The summed E-state index contributed by atoms with van der Waals surface area (Å²) in [6.07, 6.45) is 0.894. The van der Waals surface area contributed by atoms with Gasteiger partial charge in [-0.1, -0.05) is 0 Å². The number of nitrogens with zero attached hydrogens (tertiary/aromatic N) is 2. The second-order valence-corrected chi connectivity index (χ2v) is 5.53. The molecule has 2 unspecified atom stereocenters. The van der Waals surface area contributed by atoms with Gasteiger partial charge in [-0.2, -0.15) is 5.10 Å². The minimum absolute atomic E-state index is 0.0903. The molecule has 1 aromatic rings. The lowest BCUT2D eigenvalue weighted by molar-refractivity contribution is -0.385. The quantitative estimate of drug-likeness (QED) is 0.632. The highest BCUT2D eigenvalue weighted by molar-refractivity contribution is 5.90. The fourth-order valence-corrected chi connectivity index (χ4v) is 3.17.